The Kier molecular flexibility index (Phi) is 3.52. The smallest absolute Gasteiger partial charge is 0.319 e. The standard InChI is InChI=1S/C13H17FN2O2/c1-13(8-17,9-2-3-9)16-12(18)15-11-6-4-10(14)5-7-11/h4-7,9,17H,2-3,8H2,1H3,(H2,15,16,18). The summed E-state index contributed by atoms with van der Waals surface area (Å²) in [6.45, 7) is 1.74. The summed E-state index contributed by atoms with van der Waals surface area (Å²) in [7, 11) is 0. The minimum atomic E-state index is -0.579. The van der Waals surface area contributed by atoms with E-state index >= 15 is 0 Å². The maximum absolute atomic E-state index is 12.7. The van der Waals surface area contributed by atoms with Crippen molar-refractivity contribution in [3.8, 4) is 0 Å². The summed E-state index contributed by atoms with van der Waals surface area (Å²) in [6, 6.07) is 5.15. The van der Waals surface area contributed by atoms with Gasteiger partial charge in [0.05, 0.1) is 12.1 Å². The van der Waals surface area contributed by atoms with Crippen LogP contribution in [0.2, 0.25) is 0 Å². The van der Waals surface area contributed by atoms with Crippen LogP contribution in [-0.2, 0) is 0 Å². The molecule has 2 amide bonds. The van der Waals surface area contributed by atoms with E-state index < -0.39 is 5.54 Å². The van der Waals surface area contributed by atoms with E-state index in [1.807, 2.05) is 6.92 Å². The highest BCUT2D eigenvalue weighted by Gasteiger charge is 2.42. The van der Waals surface area contributed by atoms with Crippen molar-refractivity contribution in [1.82, 2.24) is 5.32 Å². The van der Waals surface area contributed by atoms with Crippen LogP contribution in [-0.4, -0.2) is 23.3 Å². The average Bonchev–Trinajstić information content (AvgIpc) is 3.16. The van der Waals surface area contributed by atoms with E-state index in [9.17, 15) is 14.3 Å². The quantitative estimate of drug-likeness (QED) is 0.768. The minimum absolute atomic E-state index is 0.0888. The van der Waals surface area contributed by atoms with E-state index in [1.54, 1.807) is 0 Å². The molecule has 1 aliphatic rings. The highest BCUT2D eigenvalue weighted by molar-refractivity contribution is 5.89. The predicted octanol–water partition coefficient (Wildman–Crippen LogP) is 2.11. The van der Waals surface area contributed by atoms with Gasteiger partial charge in [-0.1, -0.05) is 0 Å². The molecular weight excluding hydrogens is 235 g/mol. The Labute approximate surface area is 105 Å². The fourth-order valence-electron chi connectivity index (χ4n) is 1.95. The van der Waals surface area contributed by atoms with Crippen LogP contribution in [0.4, 0.5) is 14.9 Å². The topological polar surface area (TPSA) is 61.4 Å². The molecule has 0 aromatic heterocycles. The van der Waals surface area contributed by atoms with Gasteiger partial charge in [0.2, 0.25) is 0 Å². The van der Waals surface area contributed by atoms with Gasteiger partial charge in [-0.05, 0) is 49.9 Å². The van der Waals surface area contributed by atoms with Gasteiger partial charge in [-0.25, -0.2) is 9.18 Å². The summed E-state index contributed by atoms with van der Waals surface area (Å²) in [5.74, 6) is -0.0133. The number of carbonyl (C=O) groups excluding carboxylic acids is 1. The Bertz CT molecular complexity index is 431. The zero-order chi connectivity index (χ0) is 13.2. The van der Waals surface area contributed by atoms with Crippen LogP contribution >= 0.6 is 0 Å². The number of urea groups is 1. The molecule has 3 N–H and O–H groups in total. The molecule has 1 saturated carbocycles. The number of rotatable bonds is 4. The lowest BCUT2D eigenvalue weighted by atomic mass is 9.97. The lowest BCUT2D eigenvalue weighted by Crippen LogP contribution is -2.52. The number of hydrogen-bond donors (Lipinski definition) is 3. The van der Waals surface area contributed by atoms with Gasteiger partial charge in [-0.2, -0.15) is 0 Å². The zero-order valence-corrected chi connectivity index (χ0v) is 10.2. The third-order valence-electron chi connectivity index (χ3n) is 3.31. The molecule has 4 nitrogen and oxygen atoms in total. The van der Waals surface area contributed by atoms with Crippen molar-refractivity contribution >= 4 is 11.7 Å². The molecule has 1 aromatic carbocycles. The summed E-state index contributed by atoms with van der Waals surface area (Å²) in [5.41, 5.74) is -0.0607. The Hall–Kier alpha value is -1.62. The second kappa shape index (κ2) is 4.94. The van der Waals surface area contributed by atoms with Crippen molar-refractivity contribution < 1.29 is 14.3 Å². The van der Waals surface area contributed by atoms with Gasteiger partial charge in [0.1, 0.15) is 5.82 Å². The zero-order valence-electron chi connectivity index (χ0n) is 10.2. The molecule has 1 fully saturated rings. The average molecular weight is 252 g/mol. The van der Waals surface area contributed by atoms with Gasteiger partial charge >= 0.3 is 6.03 Å². The number of aliphatic hydroxyl groups is 1. The fraction of sp³-hybridized carbons (Fsp3) is 0.462. The molecule has 1 atom stereocenters. The number of nitrogens with one attached hydrogen (secondary N) is 2. The summed E-state index contributed by atoms with van der Waals surface area (Å²) in [6.07, 6.45) is 2.04. The van der Waals surface area contributed by atoms with Crippen molar-refractivity contribution in [3.05, 3.63) is 30.1 Å². The van der Waals surface area contributed by atoms with E-state index in [2.05, 4.69) is 10.6 Å². The van der Waals surface area contributed by atoms with E-state index in [4.69, 9.17) is 0 Å². The molecule has 0 radical (unpaired) electrons. The first-order chi connectivity index (χ1) is 8.53. The second-order valence-electron chi connectivity index (χ2n) is 4.94. The highest BCUT2D eigenvalue weighted by atomic mass is 19.1. The molecule has 2 rings (SSSR count). The summed E-state index contributed by atoms with van der Waals surface area (Å²) in [4.78, 5) is 11.8. The van der Waals surface area contributed by atoms with Gasteiger partial charge in [0, 0.05) is 5.69 Å². The molecule has 0 heterocycles. The van der Waals surface area contributed by atoms with Crippen molar-refractivity contribution in [2.75, 3.05) is 11.9 Å². The number of halogens is 1. The Balaban J connectivity index is 1.93. The van der Waals surface area contributed by atoms with Gasteiger partial charge in [-0.3, -0.25) is 0 Å². The highest BCUT2D eigenvalue weighted by Crippen LogP contribution is 2.39. The maximum atomic E-state index is 12.7. The molecule has 5 heteroatoms. The van der Waals surface area contributed by atoms with Gasteiger partial charge in [0.15, 0.2) is 0 Å². The third kappa shape index (κ3) is 2.98. The molecule has 0 bridgehead atoms. The number of aliphatic hydroxyl groups excluding tert-OH is 1. The van der Waals surface area contributed by atoms with E-state index in [0.29, 0.717) is 11.6 Å². The first kappa shape index (κ1) is 12.8. The lowest BCUT2D eigenvalue weighted by Gasteiger charge is -2.28. The first-order valence-corrected chi connectivity index (χ1v) is 5.99. The number of anilines is 1. The number of amides is 2. The molecule has 0 saturated heterocycles. The van der Waals surface area contributed by atoms with Crippen molar-refractivity contribution in [2.45, 2.75) is 25.3 Å². The normalized spacial score (nSPS) is 17.9. The molecule has 1 unspecified atom stereocenters. The minimum Gasteiger partial charge on any atom is -0.394 e. The summed E-state index contributed by atoms with van der Waals surface area (Å²) in [5, 5.41) is 14.7. The van der Waals surface area contributed by atoms with Gasteiger partial charge in [0.25, 0.3) is 0 Å². The summed E-state index contributed by atoms with van der Waals surface area (Å²) >= 11 is 0. The number of benzene rings is 1. The first-order valence-electron chi connectivity index (χ1n) is 5.99. The molecule has 98 valence electrons. The molecule has 0 aliphatic heterocycles. The Morgan fingerprint density at radius 1 is 1.44 bits per heavy atom. The Morgan fingerprint density at radius 3 is 2.56 bits per heavy atom. The molecule has 1 aliphatic carbocycles. The molecule has 0 spiro atoms. The van der Waals surface area contributed by atoms with Crippen LogP contribution in [0.5, 0.6) is 0 Å². The molecule has 1 aromatic rings. The van der Waals surface area contributed by atoms with E-state index in [1.165, 1.54) is 24.3 Å². The Morgan fingerprint density at radius 2 is 2.06 bits per heavy atom. The SMILES string of the molecule is CC(CO)(NC(=O)Nc1ccc(F)cc1)C1CC1. The third-order valence-corrected chi connectivity index (χ3v) is 3.31. The second-order valence-corrected chi connectivity index (χ2v) is 4.94. The molecule has 18 heavy (non-hydrogen) atoms. The molecular formula is C13H17FN2O2. The van der Waals surface area contributed by atoms with Crippen LogP contribution in [0.25, 0.3) is 0 Å². The maximum Gasteiger partial charge on any atom is 0.319 e. The van der Waals surface area contributed by atoms with E-state index in [-0.39, 0.29) is 18.5 Å². The van der Waals surface area contributed by atoms with Crippen LogP contribution < -0.4 is 10.6 Å². The van der Waals surface area contributed by atoms with Crippen molar-refractivity contribution in [2.24, 2.45) is 5.92 Å². The van der Waals surface area contributed by atoms with Gasteiger partial charge in [-0.15, -0.1) is 0 Å². The monoisotopic (exact) mass is 252 g/mol. The van der Waals surface area contributed by atoms with E-state index in [0.717, 1.165) is 12.8 Å². The van der Waals surface area contributed by atoms with Crippen LogP contribution in [0.3, 0.4) is 0 Å². The lowest BCUT2D eigenvalue weighted by molar-refractivity contribution is 0.159. The van der Waals surface area contributed by atoms with Crippen molar-refractivity contribution in [3.63, 3.8) is 0 Å². The van der Waals surface area contributed by atoms with Crippen LogP contribution in [0, 0.1) is 11.7 Å². The van der Waals surface area contributed by atoms with Crippen LogP contribution in [0.15, 0.2) is 24.3 Å². The number of hydrogen-bond acceptors (Lipinski definition) is 2. The predicted molar refractivity (Wildman–Crippen MR) is 66.8 cm³/mol. The fourth-order valence-corrected chi connectivity index (χ4v) is 1.95. The number of carbonyl (C=O) groups is 1. The summed E-state index contributed by atoms with van der Waals surface area (Å²) < 4.78 is 12.7. The van der Waals surface area contributed by atoms with Crippen molar-refractivity contribution in [1.29, 1.82) is 0 Å². The van der Waals surface area contributed by atoms with Crippen LogP contribution in [0.1, 0.15) is 19.8 Å². The largest absolute Gasteiger partial charge is 0.394 e. The van der Waals surface area contributed by atoms with Gasteiger partial charge < -0.3 is 15.7 Å².